The van der Waals surface area contributed by atoms with E-state index in [-0.39, 0.29) is 12.1 Å². The van der Waals surface area contributed by atoms with Crippen molar-refractivity contribution in [3.8, 4) is 0 Å². The maximum Gasteiger partial charge on any atom is 0.0667 e. The first-order valence-corrected chi connectivity index (χ1v) is 6.95. The predicted octanol–water partition coefficient (Wildman–Crippen LogP) is 2.19. The zero-order valence-electron chi connectivity index (χ0n) is 10.6. The summed E-state index contributed by atoms with van der Waals surface area (Å²) < 4.78 is 0. The molecule has 2 atom stereocenters. The van der Waals surface area contributed by atoms with Gasteiger partial charge < -0.3 is 15.7 Å². The van der Waals surface area contributed by atoms with E-state index in [1.807, 2.05) is 24.3 Å². The van der Waals surface area contributed by atoms with E-state index < -0.39 is 0 Å². The second-order valence-corrected chi connectivity index (χ2v) is 5.42. The molecule has 0 spiro atoms. The lowest BCUT2D eigenvalue weighted by Gasteiger charge is -2.30. The van der Waals surface area contributed by atoms with Gasteiger partial charge in [0.1, 0.15) is 0 Å². The Morgan fingerprint density at radius 2 is 2.22 bits per heavy atom. The van der Waals surface area contributed by atoms with Gasteiger partial charge in [0.05, 0.1) is 6.10 Å². The lowest BCUT2D eigenvalue weighted by molar-refractivity contribution is 0.0692. The van der Waals surface area contributed by atoms with Crippen molar-refractivity contribution in [2.75, 3.05) is 19.6 Å². The molecule has 1 fully saturated rings. The summed E-state index contributed by atoms with van der Waals surface area (Å²) in [5.41, 5.74) is 7.18. The molecule has 1 aromatic carbocycles. The van der Waals surface area contributed by atoms with Crippen molar-refractivity contribution in [3.05, 3.63) is 34.9 Å². The first-order chi connectivity index (χ1) is 8.66. The number of aliphatic hydroxyl groups excluding tert-OH is 1. The minimum Gasteiger partial charge on any atom is -0.392 e. The van der Waals surface area contributed by atoms with Crippen LogP contribution in [0.3, 0.4) is 0 Å². The largest absolute Gasteiger partial charge is 0.392 e. The number of benzene rings is 1. The van der Waals surface area contributed by atoms with Crippen LogP contribution in [0, 0.1) is 0 Å². The second-order valence-electron chi connectivity index (χ2n) is 5.01. The van der Waals surface area contributed by atoms with Crippen LogP contribution in [0.15, 0.2) is 24.3 Å². The lowest BCUT2D eigenvalue weighted by Crippen LogP contribution is -2.39. The number of likely N-dealkylation sites (tertiary alicyclic amines) is 1. The molecular weight excluding hydrogens is 248 g/mol. The van der Waals surface area contributed by atoms with Crippen LogP contribution in [-0.2, 0) is 0 Å². The van der Waals surface area contributed by atoms with Gasteiger partial charge >= 0.3 is 0 Å². The number of hydrogen-bond acceptors (Lipinski definition) is 3. The molecule has 1 heterocycles. The third kappa shape index (κ3) is 3.69. The molecule has 100 valence electrons. The molecule has 1 aliphatic rings. The molecule has 3 N–H and O–H groups in total. The third-order valence-corrected chi connectivity index (χ3v) is 3.89. The maximum absolute atomic E-state index is 9.61. The van der Waals surface area contributed by atoms with Crippen molar-refractivity contribution < 1.29 is 5.11 Å². The minimum atomic E-state index is -0.171. The fourth-order valence-electron chi connectivity index (χ4n) is 2.49. The van der Waals surface area contributed by atoms with E-state index in [9.17, 15) is 5.11 Å². The molecule has 0 aromatic heterocycles. The Balaban J connectivity index is 1.84. The number of aliphatic hydroxyl groups is 1. The van der Waals surface area contributed by atoms with Gasteiger partial charge in [0.2, 0.25) is 0 Å². The number of piperidine rings is 1. The van der Waals surface area contributed by atoms with Crippen LogP contribution in [0.4, 0.5) is 0 Å². The van der Waals surface area contributed by atoms with Crippen molar-refractivity contribution >= 4 is 11.6 Å². The Kier molecular flexibility index (Phi) is 5.01. The Labute approximate surface area is 114 Å². The highest BCUT2D eigenvalue weighted by Gasteiger charge is 2.18. The molecule has 3 nitrogen and oxygen atoms in total. The molecule has 4 heteroatoms. The SMILES string of the molecule is NC(CCN1CCCC(O)C1)c1ccccc1Cl. The van der Waals surface area contributed by atoms with Crippen LogP contribution >= 0.6 is 11.6 Å². The van der Waals surface area contributed by atoms with Crippen LogP contribution in [0.2, 0.25) is 5.02 Å². The Bertz CT molecular complexity index is 386. The van der Waals surface area contributed by atoms with Crippen molar-refractivity contribution in [1.29, 1.82) is 0 Å². The van der Waals surface area contributed by atoms with Gasteiger partial charge in [-0.05, 0) is 37.4 Å². The van der Waals surface area contributed by atoms with Gasteiger partial charge in [-0.15, -0.1) is 0 Å². The summed E-state index contributed by atoms with van der Waals surface area (Å²) in [7, 11) is 0. The van der Waals surface area contributed by atoms with Gasteiger partial charge in [-0.1, -0.05) is 29.8 Å². The van der Waals surface area contributed by atoms with Crippen LogP contribution in [0.5, 0.6) is 0 Å². The molecule has 1 aliphatic heterocycles. The van der Waals surface area contributed by atoms with E-state index in [0.29, 0.717) is 0 Å². The normalized spacial score (nSPS) is 22.9. The lowest BCUT2D eigenvalue weighted by atomic mass is 10.0. The molecule has 0 bridgehead atoms. The van der Waals surface area contributed by atoms with Crippen LogP contribution in [0.1, 0.15) is 30.9 Å². The van der Waals surface area contributed by atoms with E-state index in [2.05, 4.69) is 4.90 Å². The quantitative estimate of drug-likeness (QED) is 0.880. The summed E-state index contributed by atoms with van der Waals surface area (Å²) >= 11 is 6.13. The fraction of sp³-hybridized carbons (Fsp3) is 0.571. The van der Waals surface area contributed by atoms with Crippen LogP contribution in [0.25, 0.3) is 0 Å². The summed E-state index contributed by atoms with van der Waals surface area (Å²) in [5, 5.41) is 10.4. The smallest absolute Gasteiger partial charge is 0.0667 e. The maximum atomic E-state index is 9.61. The molecule has 2 unspecified atom stereocenters. The average molecular weight is 269 g/mol. The van der Waals surface area contributed by atoms with Crippen LogP contribution < -0.4 is 5.73 Å². The van der Waals surface area contributed by atoms with Gasteiger partial charge in [-0.25, -0.2) is 0 Å². The molecule has 1 aromatic rings. The fourth-order valence-corrected chi connectivity index (χ4v) is 2.76. The monoisotopic (exact) mass is 268 g/mol. The van der Waals surface area contributed by atoms with Gasteiger partial charge in [0.25, 0.3) is 0 Å². The Morgan fingerprint density at radius 1 is 1.44 bits per heavy atom. The molecular formula is C14H21ClN2O. The molecule has 2 rings (SSSR count). The first kappa shape index (κ1) is 13.8. The number of nitrogens with two attached hydrogens (primary N) is 1. The summed E-state index contributed by atoms with van der Waals surface area (Å²) in [4.78, 5) is 2.28. The Hall–Kier alpha value is -0.610. The summed E-state index contributed by atoms with van der Waals surface area (Å²) in [5.74, 6) is 0. The zero-order valence-corrected chi connectivity index (χ0v) is 11.3. The van der Waals surface area contributed by atoms with Gasteiger partial charge in [-0.2, -0.15) is 0 Å². The number of nitrogens with zero attached hydrogens (tertiary/aromatic N) is 1. The van der Waals surface area contributed by atoms with E-state index in [4.69, 9.17) is 17.3 Å². The summed E-state index contributed by atoms with van der Waals surface area (Å²) in [6.45, 7) is 2.75. The van der Waals surface area contributed by atoms with E-state index in [1.54, 1.807) is 0 Å². The predicted molar refractivity (Wildman–Crippen MR) is 74.7 cm³/mol. The Morgan fingerprint density at radius 3 is 2.94 bits per heavy atom. The van der Waals surface area contributed by atoms with Crippen molar-refractivity contribution in [2.45, 2.75) is 31.4 Å². The molecule has 0 aliphatic carbocycles. The molecule has 0 amide bonds. The molecule has 18 heavy (non-hydrogen) atoms. The highest BCUT2D eigenvalue weighted by atomic mass is 35.5. The molecule has 1 saturated heterocycles. The topological polar surface area (TPSA) is 49.5 Å². The van der Waals surface area contributed by atoms with E-state index in [0.717, 1.165) is 49.5 Å². The number of β-amino-alcohol motifs (C(OH)–C–C–N with tert-alkyl or cyclic N) is 1. The number of halogens is 1. The van der Waals surface area contributed by atoms with Crippen molar-refractivity contribution in [2.24, 2.45) is 5.73 Å². The number of hydrogen-bond donors (Lipinski definition) is 2. The van der Waals surface area contributed by atoms with Crippen molar-refractivity contribution in [1.82, 2.24) is 4.90 Å². The zero-order chi connectivity index (χ0) is 13.0. The summed E-state index contributed by atoms with van der Waals surface area (Å²) in [6, 6.07) is 7.71. The van der Waals surface area contributed by atoms with Gasteiger partial charge in [0.15, 0.2) is 0 Å². The van der Waals surface area contributed by atoms with Crippen molar-refractivity contribution in [3.63, 3.8) is 0 Å². The second kappa shape index (κ2) is 6.53. The average Bonchev–Trinajstić information content (AvgIpc) is 2.37. The third-order valence-electron chi connectivity index (χ3n) is 3.54. The summed E-state index contributed by atoms with van der Waals surface area (Å²) in [6.07, 6.45) is 2.70. The molecule has 0 radical (unpaired) electrons. The first-order valence-electron chi connectivity index (χ1n) is 6.57. The number of rotatable bonds is 4. The van der Waals surface area contributed by atoms with Gasteiger partial charge in [-0.3, -0.25) is 0 Å². The minimum absolute atomic E-state index is 0.0298. The van der Waals surface area contributed by atoms with E-state index >= 15 is 0 Å². The molecule has 0 saturated carbocycles. The standard InChI is InChI=1S/C14H21ClN2O/c15-13-6-2-1-5-12(13)14(16)7-9-17-8-3-4-11(18)10-17/h1-2,5-6,11,14,18H,3-4,7-10,16H2. The highest BCUT2D eigenvalue weighted by Crippen LogP contribution is 2.23. The van der Waals surface area contributed by atoms with Crippen LogP contribution in [-0.4, -0.2) is 35.7 Å². The van der Waals surface area contributed by atoms with Gasteiger partial charge in [0, 0.05) is 24.2 Å². The van der Waals surface area contributed by atoms with E-state index in [1.165, 1.54) is 0 Å². The highest BCUT2D eigenvalue weighted by molar-refractivity contribution is 6.31.